The van der Waals surface area contributed by atoms with Gasteiger partial charge in [0.25, 0.3) is 0 Å². The molecule has 0 radical (unpaired) electrons. The van der Waals surface area contributed by atoms with Crippen molar-refractivity contribution in [3.63, 3.8) is 0 Å². The lowest BCUT2D eigenvalue weighted by Gasteiger charge is -2.06. The number of aromatic nitrogens is 2. The molecule has 1 aromatic carbocycles. The molecule has 2 aromatic rings. The van der Waals surface area contributed by atoms with Crippen molar-refractivity contribution in [3.05, 3.63) is 42.0 Å². The summed E-state index contributed by atoms with van der Waals surface area (Å²) in [5.41, 5.74) is 7.33. The largest absolute Gasteiger partial charge is 0.381 e. The van der Waals surface area contributed by atoms with Gasteiger partial charge in [0.05, 0.1) is 0 Å². The quantitative estimate of drug-likeness (QED) is 0.772. The smallest absolute Gasteiger partial charge is 0.191 e. The van der Waals surface area contributed by atoms with Crippen LogP contribution in [0.3, 0.4) is 0 Å². The molecular weight excluding hydrogens is 193 g/mol. The molecule has 0 atom stereocenters. The second-order valence-corrected chi connectivity index (χ2v) is 3.24. The molecule has 0 bridgehead atoms. The Hall–Kier alpha value is -1.97. The van der Waals surface area contributed by atoms with Gasteiger partial charge in [-0.1, -0.05) is 24.3 Å². The summed E-state index contributed by atoms with van der Waals surface area (Å²) in [6, 6.07) is 7.43. The van der Waals surface area contributed by atoms with Gasteiger partial charge in [-0.25, -0.2) is 14.4 Å². The number of hydrogen-bond donors (Lipinski definition) is 1. The fourth-order valence-corrected chi connectivity index (χ4v) is 1.41. The normalized spacial score (nSPS) is 10.3. The fraction of sp³-hybridized carbons (Fsp3) is 0.0909. The Labute approximate surface area is 86.8 Å². The summed E-state index contributed by atoms with van der Waals surface area (Å²) in [4.78, 5) is 7.49. The average molecular weight is 203 g/mol. The Balaban J connectivity index is 2.65. The van der Waals surface area contributed by atoms with Gasteiger partial charge >= 0.3 is 0 Å². The molecule has 76 valence electrons. The number of rotatable bonds is 1. The predicted octanol–water partition coefficient (Wildman–Crippen LogP) is 2.17. The summed E-state index contributed by atoms with van der Waals surface area (Å²) in [5.74, 6) is -0.685. The fourth-order valence-electron chi connectivity index (χ4n) is 1.41. The van der Waals surface area contributed by atoms with Gasteiger partial charge in [-0.2, -0.15) is 0 Å². The Kier molecular flexibility index (Phi) is 2.33. The number of nitrogen functional groups attached to an aromatic ring is 1. The third-order valence-electron chi connectivity index (χ3n) is 2.22. The van der Waals surface area contributed by atoms with E-state index < -0.39 is 5.82 Å². The molecule has 3 nitrogen and oxygen atoms in total. The first-order valence-electron chi connectivity index (χ1n) is 4.52. The standard InChI is InChI=1S/C11H10FN3/c1-7-4-2-3-5-8(7)10-9(12)11(13)15-6-14-10/h2-6H,1H3,(H2,13,14,15). The Morgan fingerprint density at radius 1 is 1.20 bits per heavy atom. The maximum absolute atomic E-state index is 13.6. The van der Waals surface area contributed by atoms with Crippen LogP contribution in [0.25, 0.3) is 11.3 Å². The van der Waals surface area contributed by atoms with E-state index in [1.165, 1.54) is 6.33 Å². The van der Waals surface area contributed by atoms with Crippen LogP contribution in [-0.2, 0) is 0 Å². The third kappa shape index (κ3) is 1.66. The summed E-state index contributed by atoms with van der Waals surface area (Å²) in [7, 11) is 0. The summed E-state index contributed by atoms with van der Waals surface area (Å²) < 4.78 is 13.6. The highest BCUT2D eigenvalue weighted by Crippen LogP contribution is 2.24. The van der Waals surface area contributed by atoms with E-state index in [2.05, 4.69) is 9.97 Å². The molecule has 0 spiro atoms. The number of anilines is 1. The van der Waals surface area contributed by atoms with Crippen LogP contribution in [0.2, 0.25) is 0 Å². The van der Waals surface area contributed by atoms with Gasteiger partial charge in [0.1, 0.15) is 12.0 Å². The van der Waals surface area contributed by atoms with Crippen molar-refractivity contribution in [3.8, 4) is 11.3 Å². The van der Waals surface area contributed by atoms with Gasteiger partial charge < -0.3 is 5.73 Å². The molecule has 15 heavy (non-hydrogen) atoms. The summed E-state index contributed by atoms with van der Waals surface area (Å²) in [6.45, 7) is 1.90. The second kappa shape index (κ2) is 3.65. The molecule has 1 heterocycles. The molecule has 4 heteroatoms. The lowest BCUT2D eigenvalue weighted by atomic mass is 10.1. The number of benzene rings is 1. The van der Waals surface area contributed by atoms with E-state index in [4.69, 9.17) is 5.73 Å². The summed E-state index contributed by atoms with van der Waals surface area (Å²) >= 11 is 0. The molecule has 2 rings (SSSR count). The van der Waals surface area contributed by atoms with Gasteiger partial charge in [-0.05, 0) is 12.5 Å². The number of aryl methyl sites for hydroxylation is 1. The van der Waals surface area contributed by atoms with Crippen LogP contribution in [0.15, 0.2) is 30.6 Å². The average Bonchev–Trinajstić information content (AvgIpc) is 2.23. The van der Waals surface area contributed by atoms with Crippen LogP contribution in [0.4, 0.5) is 10.2 Å². The monoisotopic (exact) mass is 203 g/mol. The van der Waals surface area contributed by atoms with Gasteiger partial charge in [0.15, 0.2) is 11.6 Å². The van der Waals surface area contributed by atoms with Gasteiger partial charge in [0.2, 0.25) is 0 Å². The van der Waals surface area contributed by atoms with Gasteiger partial charge in [-0.3, -0.25) is 0 Å². The minimum absolute atomic E-state index is 0.122. The first kappa shape index (κ1) is 9.58. The van der Waals surface area contributed by atoms with Crippen molar-refractivity contribution in [2.24, 2.45) is 0 Å². The molecule has 1 aromatic heterocycles. The molecule has 0 saturated heterocycles. The molecule has 0 amide bonds. The molecule has 2 N–H and O–H groups in total. The van der Waals surface area contributed by atoms with Crippen LogP contribution in [0.5, 0.6) is 0 Å². The summed E-state index contributed by atoms with van der Waals surface area (Å²) in [5, 5.41) is 0. The maximum atomic E-state index is 13.6. The van der Waals surface area contributed by atoms with E-state index in [9.17, 15) is 4.39 Å². The van der Waals surface area contributed by atoms with E-state index in [0.717, 1.165) is 11.1 Å². The molecule has 0 unspecified atom stereocenters. The predicted molar refractivity (Wildman–Crippen MR) is 56.6 cm³/mol. The van der Waals surface area contributed by atoms with E-state index >= 15 is 0 Å². The van der Waals surface area contributed by atoms with E-state index in [0.29, 0.717) is 0 Å². The van der Waals surface area contributed by atoms with Crippen molar-refractivity contribution in [1.29, 1.82) is 0 Å². The molecule has 0 aliphatic carbocycles. The van der Waals surface area contributed by atoms with Crippen LogP contribution in [0.1, 0.15) is 5.56 Å². The Morgan fingerprint density at radius 2 is 1.93 bits per heavy atom. The molecule has 0 saturated carbocycles. The Morgan fingerprint density at radius 3 is 2.67 bits per heavy atom. The van der Waals surface area contributed by atoms with Crippen LogP contribution in [-0.4, -0.2) is 9.97 Å². The van der Waals surface area contributed by atoms with Crippen molar-refractivity contribution in [1.82, 2.24) is 9.97 Å². The van der Waals surface area contributed by atoms with Gasteiger partial charge in [0, 0.05) is 5.56 Å². The zero-order valence-corrected chi connectivity index (χ0v) is 8.24. The lowest BCUT2D eigenvalue weighted by Crippen LogP contribution is -2.00. The molecule has 0 aliphatic rings. The molecule has 0 aliphatic heterocycles. The van der Waals surface area contributed by atoms with Crippen molar-refractivity contribution in [2.45, 2.75) is 6.92 Å². The Bertz CT molecular complexity index is 497. The highest BCUT2D eigenvalue weighted by molar-refractivity contribution is 5.65. The minimum Gasteiger partial charge on any atom is -0.381 e. The van der Waals surface area contributed by atoms with Crippen molar-refractivity contribution >= 4 is 5.82 Å². The lowest BCUT2D eigenvalue weighted by molar-refractivity contribution is 0.624. The van der Waals surface area contributed by atoms with Crippen LogP contribution < -0.4 is 5.73 Å². The first-order chi connectivity index (χ1) is 7.20. The number of hydrogen-bond acceptors (Lipinski definition) is 3. The first-order valence-corrected chi connectivity index (χ1v) is 4.52. The molecule has 0 fully saturated rings. The van der Waals surface area contributed by atoms with Crippen LogP contribution >= 0.6 is 0 Å². The maximum Gasteiger partial charge on any atom is 0.191 e. The van der Waals surface area contributed by atoms with E-state index in [1.54, 1.807) is 6.07 Å². The van der Waals surface area contributed by atoms with Gasteiger partial charge in [-0.15, -0.1) is 0 Å². The number of nitrogens with two attached hydrogens (primary N) is 1. The highest BCUT2D eigenvalue weighted by Gasteiger charge is 2.11. The highest BCUT2D eigenvalue weighted by atomic mass is 19.1. The zero-order chi connectivity index (χ0) is 10.8. The van der Waals surface area contributed by atoms with E-state index in [-0.39, 0.29) is 11.5 Å². The van der Waals surface area contributed by atoms with Crippen molar-refractivity contribution in [2.75, 3.05) is 5.73 Å². The second-order valence-electron chi connectivity index (χ2n) is 3.24. The molecular formula is C11H10FN3. The SMILES string of the molecule is Cc1ccccc1-c1ncnc(N)c1F. The van der Waals surface area contributed by atoms with Crippen LogP contribution in [0, 0.1) is 12.7 Å². The number of halogens is 1. The number of nitrogens with zero attached hydrogens (tertiary/aromatic N) is 2. The topological polar surface area (TPSA) is 51.8 Å². The summed E-state index contributed by atoms with van der Waals surface area (Å²) in [6.07, 6.45) is 1.26. The zero-order valence-electron chi connectivity index (χ0n) is 8.24. The van der Waals surface area contributed by atoms with Crippen molar-refractivity contribution < 1.29 is 4.39 Å². The van der Waals surface area contributed by atoms with E-state index in [1.807, 2.05) is 25.1 Å². The third-order valence-corrected chi connectivity index (χ3v) is 2.22. The minimum atomic E-state index is -0.563.